The van der Waals surface area contributed by atoms with E-state index < -0.39 is 5.97 Å². The summed E-state index contributed by atoms with van der Waals surface area (Å²) in [7, 11) is 0. The van der Waals surface area contributed by atoms with Gasteiger partial charge in [0.15, 0.2) is 5.70 Å². The summed E-state index contributed by atoms with van der Waals surface area (Å²) in [5, 5.41) is 0.915. The molecule has 0 radical (unpaired) electrons. The van der Waals surface area contributed by atoms with Crippen molar-refractivity contribution in [2.75, 3.05) is 0 Å². The van der Waals surface area contributed by atoms with E-state index in [0.717, 1.165) is 16.7 Å². The molecule has 2 heterocycles. The van der Waals surface area contributed by atoms with E-state index in [9.17, 15) is 4.79 Å². The Labute approximate surface area is 165 Å². The van der Waals surface area contributed by atoms with Gasteiger partial charge in [-0.25, -0.2) is 9.79 Å². The van der Waals surface area contributed by atoms with Crippen LogP contribution in [0.1, 0.15) is 16.9 Å². The first-order chi connectivity index (χ1) is 13.0. The summed E-state index contributed by atoms with van der Waals surface area (Å²) in [4.78, 5) is 16.4. The molecule has 0 unspecified atom stereocenters. The van der Waals surface area contributed by atoms with Gasteiger partial charge in [-0.3, -0.25) is 0 Å². The molecule has 4 rings (SSSR count). The minimum absolute atomic E-state index is 0.181. The van der Waals surface area contributed by atoms with E-state index in [-0.39, 0.29) is 11.6 Å². The zero-order valence-electron chi connectivity index (χ0n) is 14.2. The highest BCUT2D eigenvalue weighted by molar-refractivity contribution is 6.42. The van der Waals surface area contributed by atoms with Crippen LogP contribution in [0.15, 0.2) is 69.7 Å². The number of aliphatic imine (C=N–C) groups is 1. The maximum absolute atomic E-state index is 12.1. The lowest BCUT2D eigenvalue weighted by atomic mass is 10.1. The predicted octanol–water partition coefficient (Wildman–Crippen LogP) is 5.91. The number of halogens is 2. The van der Waals surface area contributed by atoms with Gasteiger partial charge < -0.3 is 9.15 Å². The maximum Gasteiger partial charge on any atom is 0.363 e. The van der Waals surface area contributed by atoms with Gasteiger partial charge in [-0.15, -0.1) is 0 Å². The molecule has 0 N–H and O–H groups in total. The Balaban J connectivity index is 1.61. The number of hydrogen-bond acceptors (Lipinski definition) is 4. The van der Waals surface area contributed by atoms with E-state index in [1.165, 1.54) is 0 Å². The Morgan fingerprint density at radius 3 is 2.41 bits per heavy atom. The molecule has 6 heteroatoms. The molecule has 0 aliphatic carbocycles. The van der Waals surface area contributed by atoms with Crippen molar-refractivity contribution in [1.29, 1.82) is 0 Å². The van der Waals surface area contributed by atoms with E-state index in [1.54, 1.807) is 36.4 Å². The first-order valence-electron chi connectivity index (χ1n) is 8.14. The summed E-state index contributed by atoms with van der Waals surface area (Å²) < 4.78 is 11.0. The van der Waals surface area contributed by atoms with Crippen molar-refractivity contribution in [3.05, 3.63) is 87.2 Å². The lowest BCUT2D eigenvalue weighted by Crippen LogP contribution is -2.05. The Hall–Kier alpha value is -2.82. The third-order valence-electron chi connectivity index (χ3n) is 4.03. The third kappa shape index (κ3) is 3.68. The van der Waals surface area contributed by atoms with E-state index in [1.807, 2.05) is 31.2 Å². The fourth-order valence-corrected chi connectivity index (χ4v) is 2.90. The molecular formula is C21H13Cl2NO3. The van der Waals surface area contributed by atoms with Crippen molar-refractivity contribution in [2.45, 2.75) is 6.92 Å². The molecule has 0 saturated carbocycles. The van der Waals surface area contributed by atoms with Crippen molar-refractivity contribution < 1.29 is 13.9 Å². The topological polar surface area (TPSA) is 51.8 Å². The molecule has 0 spiro atoms. The Kier molecular flexibility index (Phi) is 4.60. The van der Waals surface area contributed by atoms with E-state index in [2.05, 4.69) is 4.99 Å². The molecule has 0 atom stereocenters. The lowest BCUT2D eigenvalue weighted by molar-refractivity contribution is -0.129. The molecule has 2 aromatic carbocycles. The normalized spacial score (nSPS) is 15.1. The Morgan fingerprint density at radius 1 is 0.926 bits per heavy atom. The van der Waals surface area contributed by atoms with Crippen molar-refractivity contribution >= 4 is 41.1 Å². The number of ether oxygens (including phenoxy) is 1. The second kappa shape index (κ2) is 7.06. The summed E-state index contributed by atoms with van der Waals surface area (Å²) in [6, 6.07) is 16.4. The molecular weight excluding hydrogens is 385 g/mol. The van der Waals surface area contributed by atoms with Crippen molar-refractivity contribution in [2.24, 2.45) is 4.99 Å². The second-order valence-electron chi connectivity index (χ2n) is 6.03. The maximum atomic E-state index is 12.1. The molecule has 1 aliphatic rings. The molecule has 1 aliphatic heterocycles. The van der Waals surface area contributed by atoms with Gasteiger partial charge in [0.25, 0.3) is 0 Å². The van der Waals surface area contributed by atoms with Gasteiger partial charge in [-0.05, 0) is 49.4 Å². The van der Waals surface area contributed by atoms with E-state index in [0.29, 0.717) is 21.6 Å². The number of esters is 1. The fourth-order valence-electron chi connectivity index (χ4n) is 2.60. The fraction of sp³-hybridized carbons (Fsp3) is 0.0476. The number of rotatable bonds is 3. The number of aryl methyl sites for hydroxylation is 1. The zero-order valence-corrected chi connectivity index (χ0v) is 15.7. The van der Waals surface area contributed by atoms with Gasteiger partial charge in [-0.1, -0.05) is 40.9 Å². The van der Waals surface area contributed by atoms with E-state index in [4.69, 9.17) is 32.4 Å². The smallest absolute Gasteiger partial charge is 0.363 e. The monoisotopic (exact) mass is 397 g/mol. The summed E-state index contributed by atoms with van der Waals surface area (Å²) in [6.45, 7) is 1.99. The quantitative estimate of drug-likeness (QED) is 0.407. The first-order valence-corrected chi connectivity index (χ1v) is 8.90. The third-order valence-corrected chi connectivity index (χ3v) is 4.77. The number of carbonyl (C=O) groups is 1. The van der Waals surface area contributed by atoms with Crippen molar-refractivity contribution in [1.82, 2.24) is 0 Å². The van der Waals surface area contributed by atoms with Crippen LogP contribution in [0, 0.1) is 6.92 Å². The summed E-state index contributed by atoms with van der Waals surface area (Å²) >= 11 is 12.0. The molecule has 4 nitrogen and oxygen atoms in total. The van der Waals surface area contributed by atoms with Crippen LogP contribution in [0.3, 0.4) is 0 Å². The molecule has 0 bridgehead atoms. The van der Waals surface area contributed by atoms with Crippen LogP contribution in [0.5, 0.6) is 0 Å². The minimum atomic E-state index is -0.516. The van der Waals surface area contributed by atoms with Crippen molar-refractivity contribution in [3.63, 3.8) is 0 Å². The summed E-state index contributed by atoms with van der Waals surface area (Å²) in [6.07, 6.45) is 1.55. The molecule has 0 amide bonds. The molecule has 134 valence electrons. The van der Waals surface area contributed by atoms with Gasteiger partial charge in [0.2, 0.25) is 5.90 Å². The molecule has 27 heavy (non-hydrogen) atoms. The van der Waals surface area contributed by atoms with Crippen LogP contribution in [-0.2, 0) is 9.53 Å². The molecule has 1 aromatic heterocycles. The SMILES string of the molecule is Cc1ccc(C2=N/C(=C\c3ccc(-c4ccc(Cl)c(Cl)c4)o3)C(=O)O2)cc1. The average molecular weight is 398 g/mol. The van der Waals surface area contributed by atoms with Crippen LogP contribution < -0.4 is 0 Å². The Morgan fingerprint density at radius 2 is 1.67 bits per heavy atom. The van der Waals surface area contributed by atoms with E-state index >= 15 is 0 Å². The highest BCUT2D eigenvalue weighted by Crippen LogP contribution is 2.30. The number of carbonyl (C=O) groups excluding carboxylic acids is 1. The predicted molar refractivity (Wildman–Crippen MR) is 106 cm³/mol. The number of nitrogens with zero attached hydrogens (tertiary/aromatic N) is 1. The summed E-state index contributed by atoms with van der Waals surface area (Å²) in [5.74, 6) is 0.854. The molecule has 3 aromatic rings. The number of cyclic esters (lactones) is 1. The number of benzene rings is 2. The zero-order chi connectivity index (χ0) is 19.0. The van der Waals surface area contributed by atoms with Crippen LogP contribution in [0.2, 0.25) is 10.0 Å². The summed E-state index contributed by atoms with van der Waals surface area (Å²) in [5.41, 5.74) is 2.82. The standard InChI is InChI=1S/C21H13Cl2NO3/c1-12-2-4-13(5-3-12)20-24-18(21(25)27-20)11-15-7-9-19(26-15)14-6-8-16(22)17(23)10-14/h2-11H,1H3/b18-11-. The Bertz CT molecular complexity index is 1090. The van der Waals surface area contributed by atoms with Crippen molar-refractivity contribution in [3.8, 4) is 11.3 Å². The number of hydrogen-bond donors (Lipinski definition) is 0. The highest BCUT2D eigenvalue weighted by atomic mass is 35.5. The van der Waals surface area contributed by atoms with Gasteiger partial charge in [0.05, 0.1) is 10.0 Å². The highest BCUT2D eigenvalue weighted by Gasteiger charge is 2.24. The first kappa shape index (κ1) is 17.6. The van der Waals surface area contributed by atoms with Gasteiger partial charge in [-0.2, -0.15) is 0 Å². The molecule has 0 saturated heterocycles. The van der Waals surface area contributed by atoms with Gasteiger partial charge in [0, 0.05) is 17.2 Å². The van der Waals surface area contributed by atoms with Crippen LogP contribution in [-0.4, -0.2) is 11.9 Å². The lowest BCUT2D eigenvalue weighted by Gasteiger charge is -1.99. The number of furan rings is 1. The second-order valence-corrected chi connectivity index (χ2v) is 6.85. The largest absolute Gasteiger partial charge is 0.457 e. The van der Waals surface area contributed by atoms with Crippen LogP contribution >= 0.6 is 23.2 Å². The van der Waals surface area contributed by atoms with Gasteiger partial charge in [0.1, 0.15) is 11.5 Å². The minimum Gasteiger partial charge on any atom is -0.457 e. The van der Waals surface area contributed by atoms with Gasteiger partial charge >= 0.3 is 5.97 Å². The van der Waals surface area contributed by atoms with Crippen LogP contribution in [0.4, 0.5) is 0 Å². The average Bonchev–Trinajstić information content (AvgIpc) is 3.26. The van der Waals surface area contributed by atoms with Crippen LogP contribution in [0.25, 0.3) is 17.4 Å². The molecule has 0 fully saturated rings.